The Morgan fingerprint density at radius 3 is 0.989 bits per heavy atom. The predicted molar refractivity (Wildman–Crippen MR) is 394 cm³/mol. The summed E-state index contributed by atoms with van der Waals surface area (Å²) in [4.78, 5) is 25.7. The Morgan fingerprint density at radius 1 is 0.400 bits per heavy atom. The molecule has 0 aliphatic carbocycles. The van der Waals surface area contributed by atoms with E-state index in [9.17, 15) is 19.4 Å². The van der Waals surface area contributed by atoms with E-state index in [0.29, 0.717) is 17.4 Å². The van der Waals surface area contributed by atoms with Gasteiger partial charge < -0.3 is 28.8 Å². The number of nitrogens with zero attached hydrogens (tertiary/aromatic N) is 1. The maximum Gasteiger partial charge on any atom is 0.268 e. The van der Waals surface area contributed by atoms with Crippen molar-refractivity contribution < 1.29 is 32.9 Å². The van der Waals surface area contributed by atoms with Gasteiger partial charge in [-0.15, -0.1) is 0 Å². The van der Waals surface area contributed by atoms with Crippen LogP contribution in [0.5, 0.6) is 0 Å². The van der Waals surface area contributed by atoms with E-state index in [4.69, 9.17) is 9.05 Å². The van der Waals surface area contributed by atoms with E-state index in [1.54, 1.807) is 6.08 Å². The van der Waals surface area contributed by atoms with Crippen LogP contribution in [0.2, 0.25) is 0 Å². The fourth-order valence-corrected chi connectivity index (χ4v) is 11.1. The van der Waals surface area contributed by atoms with Gasteiger partial charge in [-0.05, 0) is 103 Å². The molecule has 0 rings (SSSR count). The van der Waals surface area contributed by atoms with E-state index in [1.807, 2.05) is 27.2 Å². The fourth-order valence-electron chi connectivity index (χ4n) is 10.3. The molecule has 0 spiro atoms. The second kappa shape index (κ2) is 69.7. The van der Waals surface area contributed by atoms with Crippen molar-refractivity contribution in [1.82, 2.24) is 5.32 Å². The van der Waals surface area contributed by atoms with E-state index in [2.05, 4.69) is 153 Å². The van der Waals surface area contributed by atoms with Crippen molar-refractivity contribution in [2.45, 2.75) is 321 Å². The van der Waals surface area contributed by atoms with Gasteiger partial charge in [0.15, 0.2) is 0 Å². The van der Waals surface area contributed by atoms with Gasteiger partial charge in [-0.2, -0.15) is 0 Å². The summed E-state index contributed by atoms with van der Waals surface area (Å²) in [5, 5.41) is 14.0. The second-order valence-electron chi connectivity index (χ2n) is 25.9. The number of aliphatic hydroxyl groups excluding tert-OH is 1. The molecule has 3 atom stereocenters. The van der Waals surface area contributed by atoms with Gasteiger partial charge in [0.1, 0.15) is 13.2 Å². The average Bonchev–Trinajstić information content (AvgIpc) is 3.09. The lowest BCUT2D eigenvalue weighted by Crippen LogP contribution is -2.45. The van der Waals surface area contributed by atoms with Crippen molar-refractivity contribution in [3.05, 3.63) is 146 Å². The number of phosphoric acid groups is 1. The number of likely N-dealkylation sites (N-methyl/N-ethyl adjacent to an activating group) is 1. The highest BCUT2D eigenvalue weighted by Crippen LogP contribution is 2.38. The van der Waals surface area contributed by atoms with Gasteiger partial charge >= 0.3 is 0 Å². The zero-order valence-corrected chi connectivity index (χ0v) is 59.9. The molecule has 1 amide bonds. The number of carbonyl (C=O) groups excluding carboxylic acids is 1. The molecular formula is C81H141N2O6P. The highest BCUT2D eigenvalue weighted by molar-refractivity contribution is 7.45. The molecular weight excluding hydrogens is 1130 g/mol. The van der Waals surface area contributed by atoms with Gasteiger partial charge in [-0.25, -0.2) is 0 Å². The number of quaternary nitrogens is 1. The van der Waals surface area contributed by atoms with Crippen LogP contribution in [0.15, 0.2) is 146 Å². The molecule has 8 nitrogen and oxygen atoms in total. The third-order valence-corrected chi connectivity index (χ3v) is 17.0. The molecule has 0 fully saturated rings. The Labute approximate surface area is 557 Å². The van der Waals surface area contributed by atoms with Gasteiger partial charge in [0.2, 0.25) is 5.91 Å². The molecule has 0 radical (unpaired) electrons. The molecule has 0 heterocycles. The van der Waals surface area contributed by atoms with Crippen LogP contribution in [0.25, 0.3) is 0 Å². The highest BCUT2D eigenvalue weighted by Gasteiger charge is 2.23. The molecule has 0 saturated carbocycles. The SMILES string of the molecule is CC/C=C\C/C=C\C/C=C\C/C=C\C/C=C\C/C=C\C/C=C\C/C=C\C/C=C\C/C=C\C/C=C\CCCCCCCCCC(=O)NC(COP(=O)([O-])OCC[N+](C)(C)C)C(O)/C=C/CCCCCCCCCCCCCCCCCCCCCCCCCCC. The molecule has 0 aliphatic heterocycles. The molecule has 90 heavy (non-hydrogen) atoms. The Kier molecular flexibility index (Phi) is 66.9. The molecule has 0 aliphatic rings. The molecule has 3 unspecified atom stereocenters. The number of hydrogen-bond acceptors (Lipinski definition) is 6. The van der Waals surface area contributed by atoms with Gasteiger partial charge in [0, 0.05) is 6.42 Å². The number of hydrogen-bond donors (Lipinski definition) is 2. The number of carbonyl (C=O) groups is 1. The minimum atomic E-state index is -4.62. The standard InChI is InChI=1S/C81H141N2O6P/c1-6-8-10-12-14-16-18-20-22-24-26-28-30-32-34-35-36-37-38-39-40-41-42-43-44-45-46-47-49-51-53-55-57-59-61-63-65-67-69-71-73-75-81(85)82-79(78-89-90(86,87)88-77-76-83(3,4)5)80(84)74-72-70-68-66-64-62-60-58-56-54-52-50-48-33-31-29-27-25-23-21-19-17-15-13-11-9-7-2/h8,10,14,16,20,22,26,28,32,34,36-37,39-40,42-43,45-46,49,51,55,57,72,74,79-80,84H,6-7,9,11-13,15,17-19,21,23-25,27,29-31,33,35,38,41,44,47-48,50,52-54,56,58-71,73,75-78H2,1-5H3,(H-,82,85,86,87)/b10-8-,16-14-,22-20-,28-26-,34-32-,37-36-,40-39-,43-42-,46-45-,51-49-,57-55-,74-72+. The number of aliphatic hydroxyl groups is 1. The first-order valence-corrected chi connectivity index (χ1v) is 38.7. The van der Waals surface area contributed by atoms with Crippen molar-refractivity contribution >= 4 is 13.7 Å². The summed E-state index contributed by atoms with van der Waals surface area (Å²) < 4.78 is 23.5. The molecule has 0 aromatic carbocycles. The van der Waals surface area contributed by atoms with E-state index in [1.165, 1.54) is 167 Å². The fraction of sp³-hybridized carbons (Fsp3) is 0.691. The number of nitrogens with one attached hydrogen (secondary N) is 1. The third kappa shape index (κ3) is 71.8. The van der Waals surface area contributed by atoms with Crippen LogP contribution in [0.1, 0.15) is 309 Å². The Hall–Kier alpha value is -3.62. The van der Waals surface area contributed by atoms with Crippen LogP contribution in [0.4, 0.5) is 0 Å². The summed E-state index contributed by atoms with van der Waals surface area (Å²) >= 11 is 0. The van der Waals surface area contributed by atoms with E-state index in [0.717, 1.165) is 122 Å². The lowest BCUT2D eigenvalue weighted by molar-refractivity contribution is -0.870. The first-order valence-electron chi connectivity index (χ1n) is 37.2. The lowest BCUT2D eigenvalue weighted by atomic mass is 10.0. The van der Waals surface area contributed by atoms with Gasteiger partial charge in [0.05, 0.1) is 39.9 Å². The van der Waals surface area contributed by atoms with E-state index < -0.39 is 26.6 Å². The monoisotopic (exact) mass is 1270 g/mol. The zero-order valence-electron chi connectivity index (χ0n) is 59.0. The third-order valence-electron chi connectivity index (χ3n) is 16.1. The summed E-state index contributed by atoms with van der Waals surface area (Å²) in [6, 6.07) is -0.905. The number of phosphoric ester groups is 1. The Bertz CT molecular complexity index is 1980. The quantitative estimate of drug-likeness (QED) is 0.0272. The molecule has 0 aromatic rings. The van der Waals surface area contributed by atoms with Crippen LogP contribution in [-0.2, 0) is 18.4 Å². The summed E-state index contributed by atoms with van der Waals surface area (Å²) in [6.07, 6.45) is 107. The number of rotatable bonds is 67. The first kappa shape index (κ1) is 86.4. The van der Waals surface area contributed by atoms with E-state index in [-0.39, 0.29) is 12.5 Å². The van der Waals surface area contributed by atoms with Crippen LogP contribution in [0, 0.1) is 0 Å². The van der Waals surface area contributed by atoms with Crippen molar-refractivity contribution in [3.8, 4) is 0 Å². The summed E-state index contributed by atoms with van der Waals surface area (Å²) in [5.74, 6) is -0.211. The Balaban J connectivity index is 4.14. The molecule has 9 heteroatoms. The summed E-state index contributed by atoms with van der Waals surface area (Å²) in [7, 11) is 1.24. The molecule has 0 aromatic heterocycles. The smallest absolute Gasteiger partial charge is 0.268 e. The molecule has 516 valence electrons. The summed E-state index contributed by atoms with van der Waals surface area (Å²) in [5.41, 5.74) is 0. The van der Waals surface area contributed by atoms with Crippen molar-refractivity contribution in [2.75, 3.05) is 40.9 Å². The van der Waals surface area contributed by atoms with E-state index >= 15 is 0 Å². The van der Waals surface area contributed by atoms with Gasteiger partial charge in [0.25, 0.3) is 7.82 Å². The van der Waals surface area contributed by atoms with Crippen LogP contribution in [-0.4, -0.2) is 68.5 Å². The highest BCUT2D eigenvalue weighted by atomic mass is 31.2. The lowest BCUT2D eigenvalue weighted by Gasteiger charge is -2.29. The predicted octanol–water partition coefficient (Wildman–Crippen LogP) is 23.7. The molecule has 2 N–H and O–H groups in total. The van der Waals surface area contributed by atoms with Gasteiger partial charge in [-0.1, -0.05) is 346 Å². The minimum absolute atomic E-state index is 0.00976. The second-order valence-corrected chi connectivity index (χ2v) is 27.3. The topological polar surface area (TPSA) is 108 Å². The maximum absolute atomic E-state index is 13.1. The maximum atomic E-state index is 13.1. The van der Waals surface area contributed by atoms with Crippen LogP contribution < -0.4 is 10.2 Å². The summed E-state index contributed by atoms with van der Waals surface area (Å²) in [6.45, 7) is 4.54. The zero-order chi connectivity index (χ0) is 65.5. The normalized spacial score (nSPS) is 14.4. The minimum Gasteiger partial charge on any atom is -0.756 e. The molecule has 0 bridgehead atoms. The molecule has 0 saturated heterocycles. The number of unbranched alkanes of at least 4 members (excludes halogenated alkanes) is 32. The van der Waals surface area contributed by atoms with Crippen molar-refractivity contribution in [2.24, 2.45) is 0 Å². The van der Waals surface area contributed by atoms with Crippen molar-refractivity contribution in [1.29, 1.82) is 0 Å². The average molecular weight is 1270 g/mol. The largest absolute Gasteiger partial charge is 0.756 e. The number of allylic oxidation sites excluding steroid dienone is 23. The number of amides is 1. The van der Waals surface area contributed by atoms with Crippen LogP contribution >= 0.6 is 7.82 Å². The first-order chi connectivity index (χ1) is 44.0. The Morgan fingerprint density at radius 2 is 0.678 bits per heavy atom. The van der Waals surface area contributed by atoms with Gasteiger partial charge in [-0.3, -0.25) is 9.36 Å². The van der Waals surface area contributed by atoms with Crippen molar-refractivity contribution in [3.63, 3.8) is 0 Å². The van der Waals surface area contributed by atoms with Crippen LogP contribution in [0.3, 0.4) is 0 Å².